The van der Waals surface area contributed by atoms with Crippen LogP contribution in [0.1, 0.15) is 48.0 Å². The van der Waals surface area contributed by atoms with Gasteiger partial charge in [-0.1, -0.05) is 19.3 Å². The van der Waals surface area contributed by atoms with Gasteiger partial charge in [-0.3, -0.25) is 4.79 Å². The van der Waals surface area contributed by atoms with Crippen molar-refractivity contribution in [2.75, 3.05) is 0 Å². The first kappa shape index (κ1) is 16.2. The van der Waals surface area contributed by atoms with Gasteiger partial charge in [0.05, 0.1) is 4.90 Å². The molecule has 1 N–H and O–H groups in total. The summed E-state index contributed by atoms with van der Waals surface area (Å²) in [4.78, 5) is 11.8. The van der Waals surface area contributed by atoms with E-state index in [1.165, 1.54) is 6.92 Å². The molecule has 0 heterocycles. The topological polar surface area (TPSA) is 63.2 Å². The van der Waals surface area contributed by atoms with Gasteiger partial charge >= 0.3 is 0 Å². The van der Waals surface area contributed by atoms with Crippen molar-refractivity contribution in [1.82, 2.24) is 5.32 Å². The summed E-state index contributed by atoms with van der Waals surface area (Å²) in [7, 11) is 1.19. The van der Waals surface area contributed by atoms with Gasteiger partial charge in [0.25, 0.3) is 15.0 Å². The zero-order valence-corrected chi connectivity index (χ0v) is 13.2. The van der Waals surface area contributed by atoms with Gasteiger partial charge in [0.15, 0.2) is 0 Å². The lowest BCUT2D eigenvalue weighted by Gasteiger charge is -2.23. The van der Waals surface area contributed by atoms with E-state index >= 15 is 0 Å². The van der Waals surface area contributed by atoms with Crippen LogP contribution >= 0.6 is 10.7 Å². The van der Waals surface area contributed by atoms with Crippen LogP contribution in [0.25, 0.3) is 0 Å². The summed E-state index contributed by atoms with van der Waals surface area (Å²) < 4.78 is 36.7. The molecule has 0 saturated heterocycles. The SMILES string of the molecule is Cc1c(F)cc(C(=O)NC2CCCCC2)cc1S(=O)(=O)Cl. The van der Waals surface area contributed by atoms with Crippen LogP contribution in [0.5, 0.6) is 0 Å². The van der Waals surface area contributed by atoms with Crippen LogP contribution in [0.15, 0.2) is 17.0 Å². The number of amides is 1. The standard InChI is InChI=1S/C14H17ClFNO3S/c1-9-12(16)7-10(8-13(9)21(15,19)20)14(18)17-11-5-3-2-4-6-11/h7-8,11H,2-6H2,1H3,(H,17,18). The van der Waals surface area contributed by atoms with Crippen molar-refractivity contribution in [3.05, 3.63) is 29.1 Å². The fourth-order valence-electron chi connectivity index (χ4n) is 2.55. The number of rotatable bonds is 3. The molecule has 0 spiro atoms. The van der Waals surface area contributed by atoms with Crippen molar-refractivity contribution < 1.29 is 17.6 Å². The molecule has 0 atom stereocenters. The molecule has 2 rings (SSSR count). The van der Waals surface area contributed by atoms with Gasteiger partial charge in [0.2, 0.25) is 0 Å². The average molecular weight is 334 g/mol. The van der Waals surface area contributed by atoms with Crippen molar-refractivity contribution in [2.45, 2.75) is 50.0 Å². The van der Waals surface area contributed by atoms with E-state index in [1.54, 1.807) is 0 Å². The Bertz CT molecular complexity index is 654. The van der Waals surface area contributed by atoms with Crippen molar-refractivity contribution in [1.29, 1.82) is 0 Å². The molecule has 0 bridgehead atoms. The Morgan fingerprint density at radius 1 is 1.29 bits per heavy atom. The van der Waals surface area contributed by atoms with Crippen LogP contribution in [-0.4, -0.2) is 20.4 Å². The van der Waals surface area contributed by atoms with Gasteiger partial charge < -0.3 is 5.32 Å². The molecule has 1 aromatic rings. The highest BCUT2D eigenvalue weighted by Crippen LogP contribution is 2.24. The highest BCUT2D eigenvalue weighted by Gasteiger charge is 2.22. The molecule has 0 aromatic heterocycles. The molecule has 116 valence electrons. The predicted octanol–water partition coefficient (Wildman–Crippen LogP) is 3.12. The molecule has 7 heteroatoms. The highest BCUT2D eigenvalue weighted by atomic mass is 35.7. The Hall–Kier alpha value is -1.14. The van der Waals surface area contributed by atoms with Gasteiger partial charge in [0, 0.05) is 27.9 Å². The van der Waals surface area contributed by atoms with E-state index in [1.807, 2.05) is 0 Å². The molecule has 0 radical (unpaired) electrons. The molecule has 1 amide bonds. The summed E-state index contributed by atoms with van der Waals surface area (Å²) >= 11 is 0. The molecule has 4 nitrogen and oxygen atoms in total. The minimum absolute atomic E-state index is 0.0251. The van der Waals surface area contributed by atoms with Crippen LogP contribution in [-0.2, 0) is 9.05 Å². The van der Waals surface area contributed by atoms with E-state index in [-0.39, 0.29) is 22.1 Å². The van der Waals surface area contributed by atoms with E-state index in [0.717, 1.165) is 44.2 Å². The quantitative estimate of drug-likeness (QED) is 0.864. The van der Waals surface area contributed by atoms with Crippen LogP contribution in [0.2, 0.25) is 0 Å². The zero-order valence-electron chi connectivity index (χ0n) is 11.7. The maximum absolute atomic E-state index is 13.8. The second-order valence-corrected chi connectivity index (χ2v) is 7.86. The summed E-state index contributed by atoms with van der Waals surface area (Å²) in [6.07, 6.45) is 5.03. The number of carbonyl (C=O) groups is 1. The average Bonchev–Trinajstić information content (AvgIpc) is 2.41. The third-order valence-electron chi connectivity index (χ3n) is 3.76. The smallest absolute Gasteiger partial charge is 0.261 e. The molecule has 1 fully saturated rings. The zero-order chi connectivity index (χ0) is 15.6. The van der Waals surface area contributed by atoms with E-state index in [2.05, 4.69) is 5.32 Å². The summed E-state index contributed by atoms with van der Waals surface area (Å²) in [5.74, 6) is -1.23. The minimum atomic E-state index is -4.09. The molecule has 1 saturated carbocycles. The fraction of sp³-hybridized carbons (Fsp3) is 0.500. The summed E-state index contributed by atoms with van der Waals surface area (Å²) in [6, 6.07) is 2.23. The number of carbonyl (C=O) groups excluding carboxylic acids is 1. The van der Waals surface area contributed by atoms with Gasteiger partial charge in [-0.05, 0) is 31.9 Å². The summed E-state index contributed by atoms with van der Waals surface area (Å²) in [5.41, 5.74) is -0.109. The lowest BCUT2D eigenvalue weighted by Crippen LogP contribution is -2.36. The Morgan fingerprint density at radius 3 is 2.48 bits per heavy atom. The molecular formula is C14H17ClFNO3S. The number of halogens is 2. The predicted molar refractivity (Wildman–Crippen MR) is 78.5 cm³/mol. The number of hydrogen-bond acceptors (Lipinski definition) is 3. The second kappa shape index (κ2) is 6.32. The van der Waals surface area contributed by atoms with Gasteiger partial charge in [0.1, 0.15) is 5.82 Å². The van der Waals surface area contributed by atoms with Crippen LogP contribution < -0.4 is 5.32 Å². The molecule has 0 aliphatic heterocycles. The molecule has 0 unspecified atom stereocenters. The van der Waals surface area contributed by atoms with Gasteiger partial charge in [-0.2, -0.15) is 0 Å². The van der Waals surface area contributed by atoms with Crippen LogP contribution in [0, 0.1) is 12.7 Å². The lowest BCUT2D eigenvalue weighted by molar-refractivity contribution is 0.0927. The molecular weight excluding hydrogens is 317 g/mol. The maximum Gasteiger partial charge on any atom is 0.261 e. The number of nitrogens with one attached hydrogen (secondary N) is 1. The van der Waals surface area contributed by atoms with E-state index in [9.17, 15) is 17.6 Å². The Kier molecular flexibility index (Phi) is 4.88. The van der Waals surface area contributed by atoms with Crippen LogP contribution in [0.4, 0.5) is 4.39 Å². The van der Waals surface area contributed by atoms with Crippen LogP contribution in [0.3, 0.4) is 0 Å². The minimum Gasteiger partial charge on any atom is -0.349 e. The summed E-state index contributed by atoms with van der Waals surface area (Å²) in [6.45, 7) is 1.31. The Labute approximate surface area is 128 Å². The molecule has 1 aromatic carbocycles. The normalized spacial score (nSPS) is 16.7. The van der Waals surface area contributed by atoms with Gasteiger partial charge in [-0.25, -0.2) is 12.8 Å². The van der Waals surface area contributed by atoms with Gasteiger partial charge in [-0.15, -0.1) is 0 Å². The first-order valence-electron chi connectivity index (χ1n) is 6.84. The van der Waals surface area contributed by atoms with E-state index in [4.69, 9.17) is 10.7 Å². The van der Waals surface area contributed by atoms with Crippen molar-refractivity contribution in [2.24, 2.45) is 0 Å². The monoisotopic (exact) mass is 333 g/mol. The molecule has 1 aliphatic rings. The first-order chi connectivity index (χ1) is 9.79. The number of hydrogen-bond donors (Lipinski definition) is 1. The third kappa shape index (κ3) is 3.95. The second-order valence-electron chi connectivity index (χ2n) is 5.33. The lowest BCUT2D eigenvalue weighted by atomic mass is 9.95. The maximum atomic E-state index is 13.8. The number of benzene rings is 1. The van der Waals surface area contributed by atoms with Crippen molar-refractivity contribution in [3.63, 3.8) is 0 Å². The van der Waals surface area contributed by atoms with Crippen molar-refractivity contribution in [3.8, 4) is 0 Å². The Morgan fingerprint density at radius 2 is 1.90 bits per heavy atom. The highest BCUT2D eigenvalue weighted by molar-refractivity contribution is 8.13. The Balaban J connectivity index is 2.27. The largest absolute Gasteiger partial charge is 0.349 e. The molecule has 21 heavy (non-hydrogen) atoms. The van der Waals surface area contributed by atoms with Crippen molar-refractivity contribution >= 4 is 25.6 Å². The fourth-order valence-corrected chi connectivity index (χ4v) is 3.77. The van der Waals surface area contributed by atoms with E-state index in [0.29, 0.717) is 0 Å². The van der Waals surface area contributed by atoms with E-state index < -0.39 is 20.8 Å². The first-order valence-corrected chi connectivity index (χ1v) is 9.15. The summed E-state index contributed by atoms with van der Waals surface area (Å²) in [5, 5.41) is 2.82. The molecule has 1 aliphatic carbocycles. The third-order valence-corrected chi connectivity index (χ3v) is 5.21.